The van der Waals surface area contributed by atoms with Gasteiger partial charge in [-0.1, -0.05) is 0 Å². The third-order valence-corrected chi connectivity index (χ3v) is 5.31. The maximum absolute atomic E-state index is 5.46. The van der Waals surface area contributed by atoms with Gasteiger partial charge < -0.3 is 4.42 Å². The Hall–Kier alpha value is -1.59. The van der Waals surface area contributed by atoms with Crippen LogP contribution in [0.4, 0.5) is 0 Å². The van der Waals surface area contributed by atoms with Crippen molar-refractivity contribution in [1.82, 2.24) is 19.6 Å². The van der Waals surface area contributed by atoms with E-state index >= 15 is 0 Å². The summed E-state index contributed by atoms with van der Waals surface area (Å²) in [4.78, 5) is 5.15. The van der Waals surface area contributed by atoms with Crippen LogP contribution in [-0.4, -0.2) is 51.8 Å². The molecule has 4 heterocycles. The van der Waals surface area contributed by atoms with Crippen LogP contribution in [0.2, 0.25) is 0 Å². The number of aromatic nitrogens is 2. The van der Waals surface area contributed by atoms with E-state index < -0.39 is 0 Å². The predicted molar refractivity (Wildman–Crippen MR) is 89.3 cm³/mol. The third kappa shape index (κ3) is 3.08. The summed E-state index contributed by atoms with van der Waals surface area (Å²) in [5.41, 5.74) is 2.42. The third-order valence-electron chi connectivity index (χ3n) is 5.31. The van der Waals surface area contributed by atoms with Gasteiger partial charge in [-0.2, -0.15) is 5.10 Å². The first-order valence-corrected chi connectivity index (χ1v) is 8.70. The molecule has 23 heavy (non-hydrogen) atoms. The van der Waals surface area contributed by atoms with Crippen molar-refractivity contribution in [1.29, 1.82) is 0 Å². The smallest absolute Gasteiger partial charge is 0.117 e. The maximum Gasteiger partial charge on any atom is 0.117 e. The van der Waals surface area contributed by atoms with Crippen molar-refractivity contribution in [2.75, 3.05) is 26.2 Å². The summed E-state index contributed by atoms with van der Waals surface area (Å²) >= 11 is 0. The zero-order chi connectivity index (χ0) is 15.8. The SMILES string of the molecule is Cc1cc(C)n(C2CN(C3CCN(Cc4ccco4)CC3)C2)n1. The Morgan fingerprint density at radius 1 is 1.17 bits per heavy atom. The Labute approximate surface area is 137 Å². The van der Waals surface area contributed by atoms with Crippen LogP contribution in [0.15, 0.2) is 28.9 Å². The molecule has 2 aliphatic heterocycles. The summed E-state index contributed by atoms with van der Waals surface area (Å²) in [6, 6.07) is 7.54. The van der Waals surface area contributed by atoms with E-state index in [-0.39, 0.29) is 0 Å². The fourth-order valence-corrected chi connectivity index (χ4v) is 4.02. The van der Waals surface area contributed by atoms with Gasteiger partial charge in [-0.25, -0.2) is 0 Å². The number of aryl methyl sites for hydroxylation is 2. The van der Waals surface area contributed by atoms with Gasteiger partial charge in [-0.05, 0) is 44.9 Å². The van der Waals surface area contributed by atoms with E-state index in [1.807, 2.05) is 6.07 Å². The van der Waals surface area contributed by atoms with E-state index in [1.165, 1.54) is 31.6 Å². The highest BCUT2D eigenvalue weighted by atomic mass is 16.3. The normalized spacial score (nSPS) is 21.7. The molecule has 0 bridgehead atoms. The average molecular weight is 314 g/mol. The Kier molecular flexibility index (Phi) is 3.99. The van der Waals surface area contributed by atoms with Crippen molar-refractivity contribution >= 4 is 0 Å². The van der Waals surface area contributed by atoms with Crippen LogP contribution in [0.25, 0.3) is 0 Å². The highest BCUT2D eigenvalue weighted by Gasteiger charge is 2.35. The number of nitrogens with zero attached hydrogens (tertiary/aromatic N) is 4. The fraction of sp³-hybridized carbons (Fsp3) is 0.611. The summed E-state index contributed by atoms with van der Waals surface area (Å²) in [5, 5.41) is 4.64. The molecular formula is C18H26N4O. The van der Waals surface area contributed by atoms with Gasteiger partial charge in [0.15, 0.2) is 0 Å². The van der Waals surface area contributed by atoms with Gasteiger partial charge >= 0.3 is 0 Å². The predicted octanol–water partition coefficient (Wildman–Crippen LogP) is 2.61. The molecule has 4 rings (SSSR count). The number of furan rings is 1. The van der Waals surface area contributed by atoms with Crippen molar-refractivity contribution in [2.24, 2.45) is 0 Å². The second kappa shape index (κ2) is 6.13. The molecule has 0 N–H and O–H groups in total. The second-order valence-corrected chi connectivity index (χ2v) is 7.07. The van der Waals surface area contributed by atoms with Gasteiger partial charge in [0.05, 0.1) is 24.5 Å². The molecule has 2 saturated heterocycles. The van der Waals surface area contributed by atoms with E-state index in [2.05, 4.69) is 45.6 Å². The summed E-state index contributed by atoms with van der Waals surface area (Å²) < 4.78 is 7.68. The summed E-state index contributed by atoms with van der Waals surface area (Å²) in [6.07, 6.45) is 4.30. The molecule has 2 aromatic rings. The van der Waals surface area contributed by atoms with Crippen LogP contribution in [0, 0.1) is 13.8 Å². The van der Waals surface area contributed by atoms with Gasteiger partial charge in [-0.15, -0.1) is 0 Å². The zero-order valence-electron chi connectivity index (χ0n) is 14.1. The number of hydrogen-bond acceptors (Lipinski definition) is 4. The lowest BCUT2D eigenvalue weighted by Gasteiger charge is -2.47. The lowest BCUT2D eigenvalue weighted by Crippen LogP contribution is -2.55. The largest absolute Gasteiger partial charge is 0.468 e. The first-order valence-electron chi connectivity index (χ1n) is 8.70. The molecule has 5 heteroatoms. The van der Waals surface area contributed by atoms with Crippen LogP contribution in [0.5, 0.6) is 0 Å². The summed E-state index contributed by atoms with van der Waals surface area (Å²) in [5.74, 6) is 1.08. The maximum atomic E-state index is 5.46. The van der Waals surface area contributed by atoms with Crippen LogP contribution < -0.4 is 0 Å². The first kappa shape index (κ1) is 15.0. The molecule has 0 unspecified atom stereocenters. The van der Waals surface area contributed by atoms with E-state index in [9.17, 15) is 0 Å². The number of rotatable bonds is 4. The molecule has 5 nitrogen and oxygen atoms in total. The van der Waals surface area contributed by atoms with Crippen molar-refractivity contribution in [3.05, 3.63) is 41.6 Å². The average Bonchev–Trinajstić information content (AvgIpc) is 3.10. The van der Waals surface area contributed by atoms with Crippen molar-refractivity contribution in [3.8, 4) is 0 Å². The summed E-state index contributed by atoms with van der Waals surface area (Å²) in [7, 11) is 0. The van der Waals surface area contributed by atoms with Crippen molar-refractivity contribution < 1.29 is 4.42 Å². The zero-order valence-corrected chi connectivity index (χ0v) is 14.1. The Balaban J connectivity index is 1.25. The Morgan fingerprint density at radius 2 is 1.96 bits per heavy atom. The van der Waals surface area contributed by atoms with E-state index in [1.54, 1.807) is 6.26 Å². The Morgan fingerprint density at radius 3 is 2.57 bits per heavy atom. The van der Waals surface area contributed by atoms with Gasteiger partial charge in [0, 0.05) is 37.9 Å². The fourth-order valence-electron chi connectivity index (χ4n) is 4.02. The van der Waals surface area contributed by atoms with Crippen LogP contribution in [0.3, 0.4) is 0 Å². The van der Waals surface area contributed by atoms with Crippen LogP contribution in [-0.2, 0) is 6.54 Å². The minimum absolute atomic E-state index is 0.574. The molecule has 0 atom stereocenters. The number of hydrogen-bond donors (Lipinski definition) is 0. The molecule has 0 aromatic carbocycles. The highest BCUT2D eigenvalue weighted by Crippen LogP contribution is 2.29. The molecule has 0 radical (unpaired) electrons. The molecule has 0 spiro atoms. The minimum Gasteiger partial charge on any atom is -0.468 e. The van der Waals surface area contributed by atoms with Crippen molar-refractivity contribution in [2.45, 2.75) is 45.3 Å². The highest BCUT2D eigenvalue weighted by molar-refractivity contribution is 5.09. The molecule has 2 fully saturated rings. The molecule has 0 aliphatic carbocycles. The van der Waals surface area contributed by atoms with Crippen LogP contribution in [0.1, 0.15) is 36.0 Å². The van der Waals surface area contributed by atoms with E-state index in [0.29, 0.717) is 6.04 Å². The standard InChI is InChI=1S/C18H26N4O/c1-14-10-15(2)22(19-14)17-11-21(12-17)16-5-7-20(8-6-16)13-18-4-3-9-23-18/h3-4,9-10,16-17H,5-8,11-13H2,1-2H3. The molecule has 2 aromatic heterocycles. The minimum atomic E-state index is 0.574. The van der Waals surface area contributed by atoms with Gasteiger partial charge in [0.1, 0.15) is 5.76 Å². The monoisotopic (exact) mass is 314 g/mol. The molecular weight excluding hydrogens is 288 g/mol. The first-order chi connectivity index (χ1) is 11.2. The molecule has 0 saturated carbocycles. The lowest BCUT2D eigenvalue weighted by atomic mass is 9.97. The Bertz CT molecular complexity index is 634. The van der Waals surface area contributed by atoms with Crippen molar-refractivity contribution in [3.63, 3.8) is 0 Å². The van der Waals surface area contributed by atoms with Gasteiger partial charge in [0.25, 0.3) is 0 Å². The van der Waals surface area contributed by atoms with Gasteiger partial charge in [-0.3, -0.25) is 14.5 Å². The number of piperidine rings is 1. The van der Waals surface area contributed by atoms with E-state index in [4.69, 9.17) is 4.42 Å². The van der Waals surface area contributed by atoms with E-state index in [0.717, 1.165) is 37.1 Å². The molecule has 2 aliphatic rings. The van der Waals surface area contributed by atoms with Crippen LogP contribution >= 0.6 is 0 Å². The topological polar surface area (TPSA) is 37.4 Å². The quantitative estimate of drug-likeness (QED) is 0.869. The number of likely N-dealkylation sites (tertiary alicyclic amines) is 2. The second-order valence-electron chi connectivity index (χ2n) is 7.07. The lowest BCUT2D eigenvalue weighted by molar-refractivity contribution is 0.0174. The van der Waals surface area contributed by atoms with Gasteiger partial charge in [0.2, 0.25) is 0 Å². The summed E-state index contributed by atoms with van der Waals surface area (Å²) in [6.45, 7) is 9.85. The molecule has 0 amide bonds. The molecule has 124 valence electrons.